The minimum absolute atomic E-state index is 0.0610. The van der Waals surface area contributed by atoms with Crippen molar-refractivity contribution >= 4 is 0 Å². The zero-order valence-corrected chi connectivity index (χ0v) is 12.7. The number of hydrogen-bond acceptors (Lipinski definition) is 4. The van der Waals surface area contributed by atoms with Crippen LogP contribution in [-0.2, 0) is 14.2 Å². The molecule has 2 N–H and O–H groups in total. The van der Waals surface area contributed by atoms with Crippen molar-refractivity contribution < 1.29 is 14.2 Å². The normalized spacial score (nSPS) is 15.7. The van der Waals surface area contributed by atoms with Gasteiger partial charge in [0.05, 0.1) is 19.3 Å². The van der Waals surface area contributed by atoms with Gasteiger partial charge in [-0.3, -0.25) is 0 Å². The van der Waals surface area contributed by atoms with E-state index in [-0.39, 0.29) is 17.6 Å². The SMILES string of the molecule is CCC(N)C(OCCOCCCOC)C(C)(C)C. The molecule has 2 unspecified atom stereocenters. The summed E-state index contributed by atoms with van der Waals surface area (Å²) in [5.41, 5.74) is 6.16. The van der Waals surface area contributed by atoms with Crippen LogP contribution in [0.5, 0.6) is 0 Å². The van der Waals surface area contributed by atoms with Gasteiger partial charge in [0.1, 0.15) is 0 Å². The van der Waals surface area contributed by atoms with Crippen LogP contribution in [0.3, 0.4) is 0 Å². The average Bonchev–Trinajstić information content (AvgIpc) is 2.30. The maximum atomic E-state index is 6.10. The predicted octanol–water partition coefficient (Wildman–Crippen LogP) is 2.21. The Kier molecular flexibility index (Phi) is 9.64. The van der Waals surface area contributed by atoms with Crippen LogP contribution in [0.1, 0.15) is 40.5 Å². The maximum absolute atomic E-state index is 6.10. The van der Waals surface area contributed by atoms with Crippen LogP contribution in [0, 0.1) is 5.41 Å². The summed E-state index contributed by atoms with van der Waals surface area (Å²) in [5.74, 6) is 0. The van der Waals surface area contributed by atoms with Crippen molar-refractivity contribution in [2.75, 3.05) is 33.5 Å². The van der Waals surface area contributed by atoms with Crippen LogP contribution in [0.15, 0.2) is 0 Å². The van der Waals surface area contributed by atoms with Crippen molar-refractivity contribution in [3.05, 3.63) is 0 Å². The van der Waals surface area contributed by atoms with Crippen LogP contribution >= 0.6 is 0 Å². The molecule has 0 radical (unpaired) electrons. The van der Waals surface area contributed by atoms with Gasteiger partial charge in [0.2, 0.25) is 0 Å². The van der Waals surface area contributed by atoms with E-state index in [1.54, 1.807) is 7.11 Å². The standard InChI is InChI=1S/C14H31NO3/c1-6-12(15)13(14(2,3)4)18-11-10-17-9-7-8-16-5/h12-13H,6-11,15H2,1-5H3. The molecule has 0 aliphatic carbocycles. The number of nitrogens with two attached hydrogens (primary N) is 1. The first-order valence-electron chi connectivity index (χ1n) is 6.87. The number of hydrogen-bond donors (Lipinski definition) is 1. The van der Waals surface area contributed by atoms with Gasteiger partial charge < -0.3 is 19.9 Å². The van der Waals surface area contributed by atoms with E-state index in [0.717, 1.165) is 26.1 Å². The van der Waals surface area contributed by atoms with E-state index in [2.05, 4.69) is 27.7 Å². The molecule has 0 spiro atoms. The van der Waals surface area contributed by atoms with Crippen molar-refractivity contribution in [2.45, 2.75) is 52.7 Å². The lowest BCUT2D eigenvalue weighted by atomic mass is 9.84. The highest BCUT2D eigenvalue weighted by atomic mass is 16.5. The molecule has 0 bridgehead atoms. The minimum Gasteiger partial charge on any atom is -0.385 e. The average molecular weight is 261 g/mol. The Morgan fingerprint density at radius 1 is 1.06 bits per heavy atom. The second-order valence-electron chi connectivity index (χ2n) is 5.69. The first-order chi connectivity index (χ1) is 8.43. The molecule has 110 valence electrons. The van der Waals surface area contributed by atoms with Crippen molar-refractivity contribution in [1.82, 2.24) is 0 Å². The summed E-state index contributed by atoms with van der Waals surface area (Å²) in [6.45, 7) is 11.2. The fourth-order valence-corrected chi connectivity index (χ4v) is 1.87. The van der Waals surface area contributed by atoms with Gasteiger partial charge in [0, 0.05) is 26.4 Å². The molecule has 4 heteroatoms. The van der Waals surface area contributed by atoms with E-state index in [0.29, 0.717) is 13.2 Å². The summed E-state index contributed by atoms with van der Waals surface area (Å²) in [6, 6.07) is 0.0819. The van der Waals surface area contributed by atoms with E-state index in [9.17, 15) is 0 Å². The highest BCUT2D eigenvalue weighted by molar-refractivity contribution is 4.83. The Morgan fingerprint density at radius 2 is 1.72 bits per heavy atom. The molecule has 4 nitrogen and oxygen atoms in total. The molecular formula is C14H31NO3. The van der Waals surface area contributed by atoms with Gasteiger partial charge >= 0.3 is 0 Å². The molecule has 0 aliphatic heterocycles. The summed E-state index contributed by atoms with van der Waals surface area (Å²) in [5, 5.41) is 0. The summed E-state index contributed by atoms with van der Waals surface area (Å²) in [7, 11) is 1.70. The van der Waals surface area contributed by atoms with Gasteiger partial charge in [0.15, 0.2) is 0 Å². The molecule has 0 heterocycles. The molecule has 0 aliphatic rings. The second kappa shape index (κ2) is 9.73. The van der Waals surface area contributed by atoms with Crippen molar-refractivity contribution in [3.8, 4) is 0 Å². The molecule has 0 amide bonds. The Bertz CT molecular complexity index is 192. The van der Waals surface area contributed by atoms with Crippen LogP contribution in [0.25, 0.3) is 0 Å². The van der Waals surface area contributed by atoms with E-state index >= 15 is 0 Å². The Balaban J connectivity index is 3.78. The molecule has 0 aromatic rings. The third-order valence-corrected chi connectivity index (χ3v) is 2.88. The lowest BCUT2D eigenvalue weighted by molar-refractivity contribution is -0.0568. The quantitative estimate of drug-likeness (QED) is 0.613. The lowest BCUT2D eigenvalue weighted by Gasteiger charge is -2.34. The third-order valence-electron chi connectivity index (χ3n) is 2.88. The van der Waals surface area contributed by atoms with Crippen molar-refractivity contribution in [1.29, 1.82) is 0 Å². The van der Waals surface area contributed by atoms with Crippen LogP contribution in [-0.4, -0.2) is 45.7 Å². The zero-order chi connectivity index (χ0) is 14.0. The number of ether oxygens (including phenoxy) is 3. The highest BCUT2D eigenvalue weighted by Crippen LogP contribution is 2.25. The summed E-state index contributed by atoms with van der Waals surface area (Å²) in [6.07, 6.45) is 1.93. The van der Waals surface area contributed by atoms with E-state index in [1.807, 2.05) is 0 Å². The Labute approximate surface area is 112 Å². The smallest absolute Gasteiger partial charge is 0.0775 e. The Hall–Kier alpha value is -0.160. The summed E-state index contributed by atoms with van der Waals surface area (Å²) < 4.78 is 16.3. The number of rotatable bonds is 10. The van der Waals surface area contributed by atoms with Gasteiger partial charge in [-0.25, -0.2) is 0 Å². The molecule has 0 fully saturated rings. The molecule has 2 atom stereocenters. The lowest BCUT2D eigenvalue weighted by Crippen LogP contribution is -2.45. The van der Waals surface area contributed by atoms with Gasteiger partial charge in [-0.05, 0) is 18.3 Å². The fourth-order valence-electron chi connectivity index (χ4n) is 1.87. The molecule has 0 aromatic heterocycles. The van der Waals surface area contributed by atoms with Gasteiger partial charge in [0.25, 0.3) is 0 Å². The van der Waals surface area contributed by atoms with Crippen molar-refractivity contribution in [3.63, 3.8) is 0 Å². The Morgan fingerprint density at radius 3 is 2.22 bits per heavy atom. The summed E-state index contributed by atoms with van der Waals surface area (Å²) >= 11 is 0. The predicted molar refractivity (Wildman–Crippen MR) is 74.8 cm³/mol. The summed E-state index contributed by atoms with van der Waals surface area (Å²) in [4.78, 5) is 0. The topological polar surface area (TPSA) is 53.7 Å². The first kappa shape index (κ1) is 17.8. The largest absolute Gasteiger partial charge is 0.385 e. The van der Waals surface area contributed by atoms with E-state index in [4.69, 9.17) is 19.9 Å². The fraction of sp³-hybridized carbons (Fsp3) is 1.00. The highest BCUT2D eigenvalue weighted by Gasteiger charge is 2.29. The second-order valence-corrected chi connectivity index (χ2v) is 5.69. The van der Waals surface area contributed by atoms with Gasteiger partial charge in [-0.15, -0.1) is 0 Å². The molecule has 18 heavy (non-hydrogen) atoms. The van der Waals surface area contributed by atoms with Crippen LogP contribution < -0.4 is 5.73 Å². The van der Waals surface area contributed by atoms with Crippen LogP contribution in [0.4, 0.5) is 0 Å². The molecular weight excluding hydrogens is 230 g/mol. The molecule has 0 saturated heterocycles. The van der Waals surface area contributed by atoms with Crippen LogP contribution in [0.2, 0.25) is 0 Å². The van der Waals surface area contributed by atoms with Gasteiger partial charge in [-0.2, -0.15) is 0 Å². The third kappa shape index (κ3) is 8.03. The minimum atomic E-state index is 0.0610. The van der Waals surface area contributed by atoms with Crippen molar-refractivity contribution in [2.24, 2.45) is 11.1 Å². The maximum Gasteiger partial charge on any atom is 0.0775 e. The molecule has 0 aromatic carbocycles. The first-order valence-corrected chi connectivity index (χ1v) is 6.87. The zero-order valence-electron chi connectivity index (χ0n) is 12.7. The van der Waals surface area contributed by atoms with E-state index in [1.165, 1.54) is 0 Å². The number of methoxy groups -OCH3 is 1. The molecule has 0 rings (SSSR count). The van der Waals surface area contributed by atoms with E-state index < -0.39 is 0 Å². The monoisotopic (exact) mass is 261 g/mol. The molecule has 0 saturated carbocycles. The van der Waals surface area contributed by atoms with Gasteiger partial charge in [-0.1, -0.05) is 27.7 Å².